The standard InChI is InChI=1S/C32H67N3O.2BHO4S/c1-6-11-14-15-16-17-18-19-20-21-22-23-27-34(9-4)28-25-32(36)33-26-24-31-35(10-5,29-12-7-2)30-13-8-3;2*1-5-6(2,3)4/h6-31H2,1-5H3;2*(H,2,3,4). The van der Waals surface area contributed by atoms with Crippen molar-refractivity contribution < 1.29 is 48.3 Å². The molecule has 1 atom stereocenters. The van der Waals surface area contributed by atoms with Crippen molar-refractivity contribution in [3.05, 3.63) is 0 Å². The van der Waals surface area contributed by atoms with Gasteiger partial charge in [0, 0.05) is 13.0 Å². The third kappa shape index (κ3) is 39.7. The molecule has 0 spiro atoms. The van der Waals surface area contributed by atoms with E-state index in [1.807, 2.05) is 0 Å². The first-order chi connectivity index (χ1) is 22.7. The van der Waals surface area contributed by atoms with Crippen LogP contribution in [0.25, 0.3) is 0 Å². The summed E-state index contributed by atoms with van der Waals surface area (Å²) in [6.45, 7) is 20.7. The zero-order valence-electron chi connectivity index (χ0n) is 31.0. The summed E-state index contributed by atoms with van der Waals surface area (Å²) in [4.78, 5) is 14.0. The molecule has 12 nitrogen and oxygen atoms in total. The van der Waals surface area contributed by atoms with Crippen LogP contribution in [0.2, 0.25) is 0 Å². The molecule has 0 aromatic carbocycles. The van der Waals surface area contributed by atoms with Crippen LogP contribution < -0.4 is 10.2 Å². The molecular formula is C32H69B2N3O9S2. The van der Waals surface area contributed by atoms with Gasteiger partial charge in [0.25, 0.3) is 0 Å². The molecule has 4 radical (unpaired) electrons. The molecule has 0 rings (SSSR count). The Kier molecular flexibility index (Phi) is 37.3. The van der Waals surface area contributed by atoms with Gasteiger partial charge in [-0.2, -0.15) is 0 Å². The molecule has 48 heavy (non-hydrogen) atoms. The van der Waals surface area contributed by atoms with Crippen molar-refractivity contribution in [3.8, 4) is 0 Å². The Morgan fingerprint density at radius 2 is 1.00 bits per heavy atom. The highest BCUT2D eigenvalue weighted by atomic mass is 32.3. The Morgan fingerprint density at radius 1 is 0.625 bits per heavy atom. The van der Waals surface area contributed by atoms with E-state index in [0.717, 1.165) is 26.1 Å². The van der Waals surface area contributed by atoms with E-state index in [9.17, 15) is 4.79 Å². The number of rotatable bonds is 30. The van der Waals surface area contributed by atoms with Gasteiger partial charge in [-0.1, -0.05) is 97.8 Å². The van der Waals surface area contributed by atoms with Crippen molar-refractivity contribution in [2.75, 3.05) is 52.4 Å². The number of nitrogens with zero attached hydrogens (tertiary/aromatic N) is 1. The number of carbonyl (C=O) groups excluding carboxylic acids is 1. The average molecular weight is 726 g/mol. The number of hydrogen-bond acceptors (Lipinski definition) is 9. The number of unbranched alkanes of at least 4 members (excludes halogenated alkanes) is 13. The fourth-order valence-corrected chi connectivity index (χ4v) is 5.51. The SMILES string of the molecule is CCCCCCCCCCCCCC[NH+](CC)CCC(=O)NCCC[N+](CC)(CCCC)CCCC.[B]OS(=O)(=O)[O-].[B]OS(=O)(=O)[O-]. The first-order valence-corrected chi connectivity index (χ1v) is 21.0. The van der Waals surface area contributed by atoms with Gasteiger partial charge in [0.1, 0.15) is 0 Å². The predicted molar refractivity (Wildman–Crippen MR) is 193 cm³/mol. The minimum atomic E-state index is -4.63. The number of quaternary nitrogens is 2. The zero-order chi connectivity index (χ0) is 37.2. The van der Waals surface area contributed by atoms with Gasteiger partial charge in [0.15, 0.2) is 0 Å². The second-order valence-corrected chi connectivity index (χ2v) is 14.5. The van der Waals surface area contributed by atoms with Gasteiger partial charge in [0.05, 0.1) is 52.2 Å². The van der Waals surface area contributed by atoms with E-state index in [1.165, 1.54) is 140 Å². The van der Waals surface area contributed by atoms with Crippen molar-refractivity contribution in [2.24, 2.45) is 0 Å². The molecule has 0 aromatic heterocycles. The second-order valence-electron chi connectivity index (χ2n) is 12.5. The summed E-state index contributed by atoms with van der Waals surface area (Å²) in [6.07, 6.45) is 23.8. The highest BCUT2D eigenvalue weighted by Crippen LogP contribution is 2.14. The molecule has 1 unspecified atom stereocenters. The van der Waals surface area contributed by atoms with Gasteiger partial charge < -0.3 is 32.0 Å². The first kappa shape index (κ1) is 51.6. The first-order valence-electron chi connectivity index (χ1n) is 18.3. The summed E-state index contributed by atoms with van der Waals surface area (Å²) in [5, 5.41) is 3.22. The Hall–Kier alpha value is -0.740. The number of carbonyl (C=O) groups is 1. The summed E-state index contributed by atoms with van der Waals surface area (Å²) in [5.41, 5.74) is 0. The van der Waals surface area contributed by atoms with Gasteiger partial charge in [-0.05, 0) is 39.5 Å². The number of nitrogens with one attached hydrogen (secondary N) is 2. The minimum absolute atomic E-state index is 0.257. The monoisotopic (exact) mass is 725 g/mol. The topological polar surface area (TPSA) is 166 Å². The number of hydrogen-bond donors (Lipinski definition) is 2. The molecule has 16 heteroatoms. The van der Waals surface area contributed by atoms with Crippen molar-refractivity contribution in [1.82, 2.24) is 5.32 Å². The molecule has 284 valence electrons. The van der Waals surface area contributed by atoms with Gasteiger partial charge in [-0.15, -0.1) is 0 Å². The third-order valence-corrected chi connectivity index (χ3v) is 9.07. The van der Waals surface area contributed by atoms with E-state index in [4.69, 9.17) is 25.9 Å². The van der Waals surface area contributed by atoms with Crippen LogP contribution in [0.3, 0.4) is 0 Å². The Labute approximate surface area is 298 Å². The summed E-state index contributed by atoms with van der Waals surface area (Å²) < 4.78 is 61.5. The molecule has 0 aliphatic heterocycles. The fourth-order valence-electron chi connectivity index (χ4n) is 5.51. The second kappa shape index (κ2) is 34.7. The quantitative estimate of drug-likeness (QED) is 0.0366. The molecule has 0 saturated heterocycles. The van der Waals surface area contributed by atoms with E-state index in [0.29, 0.717) is 6.42 Å². The summed E-state index contributed by atoms with van der Waals surface area (Å²) in [7, 11) is -1.46. The van der Waals surface area contributed by atoms with Crippen molar-refractivity contribution in [2.45, 2.75) is 150 Å². The highest BCUT2D eigenvalue weighted by Gasteiger charge is 2.23. The predicted octanol–water partition coefficient (Wildman–Crippen LogP) is 4.02. The molecule has 1 amide bonds. The maximum atomic E-state index is 12.4. The lowest BCUT2D eigenvalue weighted by atomic mass is 10.1. The van der Waals surface area contributed by atoms with Crippen molar-refractivity contribution in [1.29, 1.82) is 0 Å². The van der Waals surface area contributed by atoms with Crippen LogP contribution in [0.15, 0.2) is 0 Å². The van der Waals surface area contributed by atoms with Crippen molar-refractivity contribution >= 4 is 42.8 Å². The minimum Gasteiger partial charge on any atom is -0.727 e. The van der Waals surface area contributed by atoms with Crippen LogP contribution >= 0.6 is 0 Å². The van der Waals surface area contributed by atoms with E-state index in [1.54, 1.807) is 4.90 Å². The Morgan fingerprint density at radius 3 is 1.35 bits per heavy atom. The fraction of sp³-hybridized carbons (Fsp3) is 0.969. The summed E-state index contributed by atoms with van der Waals surface area (Å²) in [5.74, 6) is 0.257. The maximum Gasteiger partial charge on any atom is 0.310 e. The van der Waals surface area contributed by atoms with Gasteiger partial charge in [0.2, 0.25) is 26.7 Å². The number of amides is 1. The summed E-state index contributed by atoms with van der Waals surface area (Å²) >= 11 is 0. The summed E-state index contributed by atoms with van der Waals surface area (Å²) in [6, 6.07) is 0. The molecule has 2 N–H and O–H groups in total. The highest BCUT2D eigenvalue weighted by molar-refractivity contribution is 7.81. The largest absolute Gasteiger partial charge is 0.727 e. The van der Waals surface area contributed by atoms with Gasteiger partial charge >= 0.3 is 16.1 Å². The lowest BCUT2D eigenvalue weighted by Gasteiger charge is -2.38. The van der Waals surface area contributed by atoms with Crippen LogP contribution in [0.5, 0.6) is 0 Å². The third-order valence-electron chi connectivity index (χ3n) is 8.60. The van der Waals surface area contributed by atoms with Crippen LogP contribution in [-0.4, -0.2) is 105 Å². The van der Waals surface area contributed by atoms with E-state index >= 15 is 0 Å². The van der Waals surface area contributed by atoms with E-state index < -0.39 is 20.8 Å². The Bertz CT molecular complexity index is 892. The van der Waals surface area contributed by atoms with Gasteiger partial charge in [-0.25, -0.2) is 16.8 Å². The van der Waals surface area contributed by atoms with Crippen molar-refractivity contribution in [3.63, 3.8) is 0 Å². The molecule has 0 bridgehead atoms. The molecule has 0 saturated carbocycles. The van der Waals surface area contributed by atoms with Crippen LogP contribution in [-0.2, 0) is 33.8 Å². The molecule has 0 heterocycles. The normalized spacial score (nSPS) is 12.4. The molecule has 0 aliphatic rings. The zero-order valence-corrected chi connectivity index (χ0v) is 32.6. The van der Waals surface area contributed by atoms with Crippen LogP contribution in [0.4, 0.5) is 0 Å². The molecule has 0 aliphatic carbocycles. The van der Waals surface area contributed by atoms with Crippen LogP contribution in [0, 0.1) is 0 Å². The van der Waals surface area contributed by atoms with Gasteiger partial charge in [-0.3, -0.25) is 4.79 Å². The lowest BCUT2D eigenvalue weighted by Crippen LogP contribution is -3.11. The van der Waals surface area contributed by atoms with Crippen LogP contribution in [0.1, 0.15) is 150 Å². The maximum absolute atomic E-state index is 12.4. The Balaban J connectivity index is -0.00000142. The average Bonchev–Trinajstić information content (AvgIpc) is 3.05. The molecule has 0 aromatic rings. The molecular weight excluding hydrogens is 656 g/mol. The smallest absolute Gasteiger partial charge is 0.310 e. The van der Waals surface area contributed by atoms with E-state index in [-0.39, 0.29) is 5.91 Å². The molecule has 0 fully saturated rings. The lowest BCUT2D eigenvalue weighted by molar-refractivity contribution is -0.927. The van der Waals surface area contributed by atoms with E-state index in [2.05, 4.69) is 64.2 Å².